The zero-order valence-electron chi connectivity index (χ0n) is 12.4. The number of hydrogen-bond donors (Lipinski definition) is 1. The van der Waals surface area contributed by atoms with Crippen molar-refractivity contribution >= 4 is 5.69 Å². The molecule has 1 fully saturated rings. The van der Waals surface area contributed by atoms with Gasteiger partial charge in [-0.25, -0.2) is 9.07 Å². The molecular formula is C15H20FN5. The molecule has 112 valence electrons. The molecule has 0 radical (unpaired) electrons. The summed E-state index contributed by atoms with van der Waals surface area (Å²) in [4.78, 5) is 0. The van der Waals surface area contributed by atoms with Crippen LogP contribution in [0.1, 0.15) is 39.5 Å². The minimum absolute atomic E-state index is 0.176. The van der Waals surface area contributed by atoms with E-state index in [1.165, 1.54) is 36.3 Å². The zero-order chi connectivity index (χ0) is 14.9. The predicted molar refractivity (Wildman–Crippen MR) is 78.8 cm³/mol. The third-order valence-corrected chi connectivity index (χ3v) is 4.40. The van der Waals surface area contributed by atoms with Gasteiger partial charge in [0.25, 0.3) is 0 Å². The third kappa shape index (κ3) is 2.89. The van der Waals surface area contributed by atoms with E-state index in [0.717, 1.165) is 12.1 Å². The second-order valence-electron chi connectivity index (χ2n) is 6.35. The Balaban J connectivity index is 1.86. The van der Waals surface area contributed by atoms with E-state index < -0.39 is 0 Å². The summed E-state index contributed by atoms with van der Waals surface area (Å²) >= 11 is 0. The quantitative estimate of drug-likeness (QED) is 0.943. The molecule has 1 aliphatic rings. The van der Waals surface area contributed by atoms with Crippen molar-refractivity contribution in [2.45, 2.75) is 45.6 Å². The van der Waals surface area contributed by atoms with Gasteiger partial charge in [0.05, 0.1) is 11.4 Å². The second kappa shape index (κ2) is 5.42. The third-order valence-electron chi connectivity index (χ3n) is 4.40. The number of tetrazole rings is 1. The molecule has 0 bridgehead atoms. The number of hydrogen-bond acceptors (Lipinski definition) is 4. The number of nitrogens with zero attached hydrogens (tertiary/aromatic N) is 4. The van der Waals surface area contributed by atoms with Crippen LogP contribution in [0.4, 0.5) is 10.1 Å². The average Bonchev–Trinajstić information content (AvgIpc) is 2.97. The molecule has 0 aliphatic heterocycles. The van der Waals surface area contributed by atoms with Crippen molar-refractivity contribution in [3.05, 3.63) is 30.3 Å². The lowest BCUT2D eigenvalue weighted by atomic mass is 9.73. The van der Waals surface area contributed by atoms with E-state index in [4.69, 9.17) is 0 Å². The molecule has 1 saturated carbocycles. The van der Waals surface area contributed by atoms with Crippen LogP contribution in [-0.2, 0) is 0 Å². The topological polar surface area (TPSA) is 55.6 Å². The first kappa shape index (κ1) is 14.0. The maximum atomic E-state index is 14.1. The van der Waals surface area contributed by atoms with Gasteiger partial charge in [-0.15, -0.1) is 5.10 Å². The average molecular weight is 289 g/mol. The van der Waals surface area contributed by atoms with E-state index in [0.29, 0.717) is 5.69 Å². The lowest BCUT2D eigenvalue weighted by Crippen LogP contribution is -2.39. The first-order valence-corrected chi connectivity index (χ1v) is 7.36. The Bertz CT molecular complexity index is 609. The van der Waals surface area contributed by atoms with Gasteiger partial charge in [0.2, 0.25) is 0 Å². The molecule has 1 aromatic carbocycles. The summed E-state index contributed by atoms with van der Waals surface area (Å²) in [5, 5.41) is 14.4. The molecule has 21 heavy (non-hydrogen) atoms. The van der Waals surface area contributed by atoms with Crippen molar-refractivity contribution < 1.29 is 4.39 Å². The highest BCUT2D eigenvalue weighted by Crippen LogP contribution is 2.37. The van der Waals surface area contributed by atoms with Crippen LogP contribution in [0.15, 0.2) is 24.5 Å². The zero-order valence-corrected chi connectivity index (χ0v) is 12.4. The Morgan fingerprint density at radius 1 is 1.33 bits per heavy atom. The molecule has 0 saturated heterocycles. The number of aromatic nitrogens is 4. The maximum absolute atomic E-state index is 14.1. The molecule has 1 aliphatic carbocycles. The molecule has 6 heteroatoms. The van der Waals surface area contributed by atoms with Crippen molar-refractivity contribution in [2.75, 3.05) is 5.32 Å². The standard InChI is InChI=1S/C15H20FN5/c1-15(2)8-4-3-5-14(15)18-13-9-11(6-7-12(13)16)21-10-17-19-20-21/h6-7,9-10,14,18H,3-5,8H2,1-2H3. The molecule has 0 spiro atoms. The van der Waals surface area contributed by atoms with Crippen LogP contribution in [-0.4, -0.2) is 26.2 Å². The Morgan fingerprint density at radius 3 is 2.90 bits per heavy atom. The maximum Gasteiger partial charge on any atom is 0.146 e. The lowest BCUT2D eigenvalue weighted by molar-refractivity contribution is 0.216. The van der Waals surface area contributed by atoms with Crippen LogP contribution >= 0.6 is 0 Å². The second-order valence-corrected chi connectivity index (χ2v) is 6.35. The van der Waals surface area contributed by atoms with Crippen LogP contribution in [0.3, 0.4) is 0 Å². The Kier molecular flexibility index (Phi) is 3.61. The van der Waals surface area contributed by atoms with Crippen molar-refractivity contribution in [2.24, 2.45) is 5.41 Å². The van der Waals surface area contributed by atoms with E-state index in [1.54, 1.807) is 12.1 Å². The van der Waals surface area contributed by atoms with E-state index in [2.05, 4.69) is 34.7 Å². The molecule has 2 aromatic rings. The number of benzene rings is 1. The largest absolute Gasteiger partial charge is 0.379 e. The van der Waals surface area contributed by atoms with Crippen molar-refractivity contribution in [1.82, 2.24) is 20.2 Å². The highest BCUT2D eigenvalue weighted by Gasteiger charge is 2.32. The molecule has 0 amide bonds. The fraction of sp³-hybridized carbons (Fsp3) is 0.533. The van der Waals surface area contributed by atoms with Gasteiger partial charge in [-0.05, 0) is 46.9 Å². The fourth-order valence-electron chi connectivity index (χ4n) is 3.00. The smallest absolute Gasteiger partial charge is 0.146 e. The number of anilines is 1. The highest BCUT2D eigenvalue weighted by atomic mass is 19.1. The summed E-state index contributed by atoms with van der Waals surface area (Å²) in [6.07, 6.45) is 6.18. The lowest BCUT2D eigenvalue weighted by Gasteiger charge is -2.39. The highest BCUT2D eigenvalue weighted by molar-refractivity contribution is 5.52. The summed E-state index contributed by atoms with van der Waals surface area (Å²) < 4.78 is 15.6. The van der Waals surface area contributed by atoms with Crippen LogP contribution in [0.5, 0.6) is 0 Å². The molecule has 1 heterocycles. The minimum Gasteiger partial charge on any atom is -0.379 e. The Morgan fingerprint density at radius 2 is 2.19 bits per heavy atom. The molecule has 1 unspecified atom stereocenters. The van der Waals surface area contributed by atoms with Crippen LogP contribution < -0.4 is 5.32 Å². The van der Waals surface area contributed by atoms with Crippen LogP contribution in [0, 0.1) is 11.2 Å². The number of halogens is 1. The first-order valence-electron chi connectivity index (χ1n) is 7.36. The van der Waals surface area contributed by atoms with Crippen LogP contribution in [0.2, 0.25) is 0 Å². The summed E-state index contributed by atoms with van der Waals surface area (Å²) in [6, 6.07) is 5.17. The van der Waals surface area contributed by atoms with Gasteiger partial charge < -0.3 is 5.32 Å². The van der Waals surface area contributed by atoms with Gasteiger partial charge in [0, 0.05) is 6.04 Å². The van der Waals surface area contributed by atoms with Gasteiger partial charge in [0.15, 0.2) is 0 Å². The molecule has 1 N–H and O–H groups in total. The van der Waals surface area contributed by atoms with Crippen molar-refractivity contribution in [3.8, 4) is 5.69 Å². The fourth-order valence-corrected chi connectivity index (χ4v) is 3.00. The van der Waals surface area contributed by atoms with E-state index in [-0.39, 0.29) is 17.3 Å². The first-order chi connectivity index (χ1) is 10.1. The molecule has 3 rings (SSSR count). The van der Waals surface area contributed by atoms with E-state index in [9.17, 15) is 4.39 Å². The number of nitrogens with one attached hydrogen (secondary N) is 1. The van der Waals surface area contributed by atoms with E-state index in [1.807, 2.05) is 0 Å². The predicted octanol–water partition coefficient (Wildman–Crippen LogP) is 3.18. The summed E-state index contributed by atoms with van der Waals surface area (Å²) in [7, 11) is 0. The summed E-state index contributed by atoms with van der Waals surface area (Å²) in [5.74, 6) is -0.242. The molecule has 1 atom stereocenters. The van der Waals surface area contributed by atoms with Crippen molar-refractivity contribution in [1.29, 1.82) is 0 Å². The molecule has 5 nitrogen and oxygen atoms in total. The van der Waals surface area contributed by atoms with Gasteiger partial charge in [-0.1, -0.05) is 26.7 Å². The van der Waals surface area contributed by atoms with Gasteiger partial charge in [-0.2, -0.15) is 0 Å². The monoisotopic (exact) mass is 289 g/mol. The Hall–Kier alpha value is -1.98. The SMILES string of the molecule is CC1(C)CCCCC1Nc1cc(-n2cnnn2)ccc1F. The molecule has 1 aromatic heterocycles. The Labute approximate surface area is 123 Å². The summed E-state index contributed by atoms with van der Waals surface area (Å²) in [5.41, 5.74) is 1.44. The van der Waals surface area contributed by atoms with Gasteiger partial charge >= 0.3 is 0 Å². The normalized spacial score (nSPS) is 21.2. The van der Waals surface area contributed by atoms with Crippen molar-refractivity contribution in [3.63, 3.8) is 0 Å². The minimum atomic E-state index is -0.242. The van der Waals surface area contributed by atoms with Gasteiger partial charge in [-0.3, -0.25) is 0 Å². The van der Waals surface area contributed by atoms with Crippen LogP contribution in [0.25, 0.3) is 5.69 Å². The summed E-state index contributed by atoms with van der Waals surface area (Å²) in [6.45, 7) is 4.49. The number of rotatable bonds is 3. The molecular weight excluding hydrogens is 269 g/mol. The van der Waals surface area contributed by atoms with E-state index >= 15 is 0 Å². The van der Waals surface area contributed by atoms with Gasteiger partial charge in [0.1, 0.15) is 12.1 Å².